The molecule has 1 aliphatic heterocycles. The highest BCUT2D eigenvalue weighted by molar-refractivity contribution is 5.92. The topological polar surface area (TPSA) is 87.7 Å². The van der Waals surface area contributed by atoms with Gasteiger partial charge >= 0.3 is 6.09 Å². The number of carbonyl (C=O) groups excluding carboxylic acids is 2. The zero-order chi connectivity index (χ0) is 19.1. The lowest BCUT2D eigenvalue weighted by atomic mass is 10.1. The molecule has 8 heteroatoms. The second kappa shape index (κ2) is 9.53. The maximum Gasteiger partial charge on any atom is 0.409 e. The van der Waals surface area contributed by atoms with Crippen LogP contribution in [0.25, 0.3) is 0 Å². The molecule has 0 unspecified atom stereocenters. The van der Waals surface area contributed by atoms with E-state index in [0.29, 0.717) is 44.5 Å². The molecule has 2 fully saturated rings. The lowest BCUT2D eigenvalue weighted by molar-refractivity contribution is 0.0565. The lowest BCUT2D eigenvalue weighted by Crippen LogP contribution is -2.50. The summed E-state index contributed by atoms with van der Waals surface area (Å²) >= 11 is 0. The van der Waals surface area contributed by atoms with E-state index in [4.69, 9.17) is 4.74 Å². The molecule has 1 aromatic heterocycles. The fourth-order valence-corrected chi connectivity index (χ4v) is 3.61. The average molecular weight is 375 g/mol. The highest BCUT2D eigenvalue weighted by Crippen LogP contribution is 2.20. The smallest absolute Gasteiger partial charge is 0.409 e. The van der Waals surface area contributed by atoms with Gasteiger partial charge < -0.3 is 19.9 Å². The summed E-state index contributed by atoms with van der Waals surface area (Å²) in [5, 5.41) is 3.44. The summed E-state index contributed by atoms with van der Waals surface area (Å²) in [4.78, 5) is 36.4. The van der Waals surface area contributed by atoms with Crippen molar-refractivity contribution in [2.75, 3.05) is 38.1 Å². The quantitative estimate of drug-likeness (QED) is 0.814. The molecule has 3 rings (SSSR count). The van der Waals surface area contributed by atoms with Gasteiger partial charge in [-0.05, 0) is 19.8 Å². The maximum absolute atomic E-state index is 12.6. The molecule has 2 amide bonds. The van der Waals surface area contributed by atoms with E-state index in [9.17, 15) is 9.59 Å². The van der Waals surface area contributed by atoms with Gasteiger partial charge in [0.1, 0.15) is 11.5 Å². The summed E-state index contributed by atoms with van der Waals surface area (Å²) in [6.07, 6.45) is 10.3. The third-order valence-corrected chi connectivity index (χ3v) is 5.17. The summed E-state index contributed by atoms with van der Waals surface area (Å²) in [6.45, 7) is 4.03. The van der Waals surface area contributed by atoms with Crippen LogP contribution in [0.15, 0.2) is 12.4 Å². The Bertz CT molecular complexity index is 621. The van der Waals surface area contributed by atoms with Gasteiger partial charge in [0.2, 0.25) is 0 Å². The van der Waals surface area contributed by atoms with Crippen LogP contribution >= 0.6 is 0 Å². The van der Waals surface area contributed by atoms with E-state index in [-0.39, 0.29) is 12.0 Å². The van der Waals surface area contributed by atoms with Crippen LogP contribution in [0, 0.1) is 0 Å². The minimum Gasteiger partial charge on any atom is -0.450 e. The molecule has 1 aromatic rings. The molecule has 2 aliphatic rings. The molecule has 1 N–H and O–H groups in total. The van der Waals surface area contributed by atoms with Gasteiger partial charge in [-0.1, -0.05) is 25.7 Å². The van der Waals surface area contributed by atoms with E-state index in [0.717, 1.165) is 18.7 Å². The van der Waals surface area contributed by atoms with Crippen LogP contribution < -0.4 is 5.32 Å². The molecule has 0 radical (unpaired) electrons. The fourth-order valence-electron chi connectivity index (χ4n) is 3.61. The second-order valence-corrected chi connectivity index (χ2v) is 7.10. The van der Waals surface area contributed by atoms with Crippen LogP contribution in [0.1, 0.15) is 55.9 Å². The van der Waals surface area contributed by atoms with Gasteiger partial charge in [-0.25, -0.2) is 14.8 Å². The van der Waals surface area contributed by atoms with Crippen molar-refractivity contribution < 1.29 is 14.3 Å². The first kappa shape index (κ1) is 19.4. The van der Waals surface area contributed by atoms with E-state index in [1.807, 2.05) is 0 Å². The summed E-state index contributed by atoms with van der Waals surface area (Å²) in [6, 6.07) is 0.444. The monoisotopic (exact) mass is 375 g/mol. The van der Waals surface area contributed by atoms with Crippen molar-refractivity contribution in [2.45, 2.75) is 51.5 Å². The van der Waals surface area contributed by atoms with Crippen molar-refractivity contribution in [3.63, 3.8) is 0 Å². The molecule has 8 nitrogen and oxygen atoms in total. The van der Waals surface area contributed by atoms with Gasteiger partial charge in [0.25, 0.3) is 5.91 Å². The summed E-state index contributed by atoms with van der Waals surface area (Å²) in [5.74, 6) is 0.581. The van der Waals surface area contributed by atoms with Crippen molar-refractivity contribution in [1.29, 1.82) is 0 Å². The number of hydrogen-bond acceptors (Lipinski definition) is 6. The van der Waals surface area contributed by atoms with Crippen LogP contribution in [0.5, 0.6) is 0 Å². The third kappa shape index (κ3) is 5.30. The molecule has 1 saturated heterocycles. The minimum absolute atomic E-state index is 0.146. The number of rotatable bonds is 4. The number of aromatic nitrogens is 2. The third-order valence-electron chi connectivity index (χ3n) is 5.17. The minimum atomic E-state index is -0.321. The zero-order valence-electron chi connectivity index (χ0n) is 16.0. The molecule has 0 spiro atoms. The Balaban J connectivity index is 1.51. The Morgan fingerprint density at radius 2 is 1.70 bits per heavy atom. The molecular formula is C19H29N5O3. The van der Waals surface area contributed by atoms with Crippen molar-refractivity contribution in [3.05, 3.63) is 18.1 Å². The molecule has 1 aliphatic carbocycles. The largest absolute Gasteiger partial charge is 0.450 e. The van der Waals surface area contributed by atoms with E-state index < -0.39 is 0 Å². The maximum atomic E-state index is 12.6. The van der Waals surface area contributed by atoms with Crippen LogP contribution in [0.3, 0.4) is 0 Å². The van der Waals surface area contributed by atoms with Crippen LogP contribution in [0.2, 0.25) is 0 Å². The molecule has 0 atom stereocenters. The summed E-state index contributed by atoms with van der Waals surface area (Å²) < 4.78 is 5.00. The predicted octanol–water partition coefficient (Wildman–Crippen LogP) is 2.53. The number of piperazine rings is 1. The number of amides is 2. The van der Waals surface area contributed by atoms with Gasteiger partial charge in [0.05, 0.1) is 19.0 Å². The second-order valence-electron chi connectivity index (χ2n) is 7.10. The average Bonchev–Trinajstić information content (AvgIpc) is 2.97. The highest BCUT2D eigenvalue weighted by atomic mass is 16.6. The van der Waals surface area contributed by atoms with Gasteiger partial charge in [-0.2, -0.15) is 0 Å². The van der Waals surface area contributed by atoms with Gasteiger partial charge in [0.15, 0.2) is 0 Å². The number of ether oxygens (including phenoxy) is 1. The SMILES string of the molecule is CCOC(=O)N1CCN(C(=O)c2cnc(NC3CCCCCC3)cn2)CC1. The summed E-state index contributed by atoms with van der Waals surface area (Å²) in [5.41, 5.74) is 0.339. The molecular weight excluding hydrogens is 346 g/mol. The molecule has 2 heterocycles. The summed E-state index contributed by atoms with van der Waals surface area (Å²) in [7, 11) is 0. The molecule has 148 valence electrons. The zero-order valence-corrected chi connectivity index (χ0v) is 16.0. The van der Waals surface area contributed by atoms with Crippen molar-refractivity contribution in [1.82, 2.24) is 19.8 Å². The van der Waals surface area contributed by atoms with Crippen LogP contribution in [0.4, 0.5) is 10.6 Å². The number of nitrogens with one attached hydrogen (secondary N) is 1. The first-order chi connectivity index (χ1) is 13.2. The van der Waals surface area contributed by atoms with E-state index >= 15 is 0 Å². The highest BCUT2D eigenvalue weighted by Gasteiger charge is 2.26. The Labute approximate surface area is 160 Å². The van der Waals surface area contributed by atoms with E-state index in [2.05, 4.69) is 15.3 Å². The number of carbonyl (C=O) groups is 2. The van der Waals surface area contributed by atoms with E-state index in [1.165, 1.54) is 25.7 Å². The lowest BCUT2D eigenvalue weighted by Gasteiger charge is -2.33. The van der Waals surface area contributed by atoms with Gasteiger partial charge in [0, 0.05) is 32.2 Å². The van der Waals surface area contributed by atoms with Crippen molar-refractivity contribution in [2.24, 2.45) is 0 Å². The van der Waals surface area contributed by atoms with Crippen molar-refractivity contribution in [3.8, 4) is 0 Å². The first-order valence-electron chi connectivity index (χ1n) is 9.97. The van der Waals surface area contributed by atoms with E-state index in [1.54, 1.807) is 29.1 Å². The molecule has 0 bridgehead atoms. The number of anilines is 1. The molecule has 1 saturated carbocycles. The first-order valence-corrected chi connectivity index (χ1v) is 9.97. The Hall–Kier alpha value is -2.38. The van der Waals surface area contributed by atoms with Crippen LogP contribution in [-0.4, -0.2) is 70.6 Å². The number of hydrogen-bond donors (Lipinski definition) is 1. The Morgan fingerprint density at radius 3 is 2.30 bits per heavy atom. The predicted molar refractivity (Wildman–Crippen MR) is 102 cm³/mol. The Kier molecular flexibility index (Phi) is 6.84. The van der Waals surface area contributed by atoms with Crippen molar-refractivity contribution >= 4 is 17.8 Å². The van der Waals surface area contributed by atoms with Gasteiger partial charge in [-0.15, -0.1) is 0 Å². The molecule has 0 aromatic carbocycles. The molecule has 27 heavy (non-hydrogen) atoms. The Morgan fingerprint density at radius 1 is 1.04 bits per heavy atom. The van der Waals surface area contributed by atoms with Crippen LogP contribution in [-0.2, 0) is 4.74 Å². The van der Waals surface area contributed by atoms with Gasteiger partial charge in [-0.3, -0.25) is 4.79 Å². The normalized spacial score (nSPS) is 18.7. The standard InChI is InChI=1S/C19H29N5O3/c1-2-27-19(26)24-11-9-23(10-12-24)18(25)16-13-21-17(14-20-16)22-15-7-5-3-4-6-8-15/h13-15H,2-12H2,1H3,(H,21,22). The fraction of sp³-hybridized carbons (Fsp3) is 0.684. The number of nitrogens with zero attached hydrogens (tertiary/aromatic N) is 4.